The minimum atomic E-state index is 0.389. The second kappa shape index (κ2) is 16.2. The fourth-order valence-electron chi connectivity index (χ4n) is 8.01. The number of hydrogen-bond acceptors (Lipinski definition) is 1. The third-order valence-electron chi connectivity index (χ3n) is 10.9. The molecule has 53 heavy (non-hydrogen) atoms. The molecule has 4 aliphatic rings. The molecule has 0 N–H and O–H groups in total. The maximum atomic E-state index is 4.28. The summed E-state index contributed by atoms with van der Waals surface area (Å²) in [5, 5.41) is 2.51. The molecule has 4 aliphatic carbocycles. The first-order chi connectivity index (χ1) is 26.2. The second-order valence-electron chi connectivity index (χ2n) is 14.3. The highest BCUT2D eigenvalue weighted by atomic mass is 15.2. The topological polar surface area (TPSA) is 3.24 Å². The van der Waals surface area contributed by atoms with Crippen LogP contribution >= 0.6 is 0 Å². The van der Waals surface area contributed by atoms with Gasteiger partial charge in [-0.05, 0) is 131 Å². The van der Waals surface area contributed by atoms with E-state index in [0.717, 1.165) is 50.5 Å². The lowest BCUT2D eigenvalue weighted by molar-refractivity contribution is 0.815. The molecule has 0 saturated carbocycles. The van der Waals surface area contributed by atoms with Gasteiger partial charge in [-0.25, -0.2) is 0 Å². The molecule has 0 saturated heterocycles. The summed E-state index contributed by atoms with van der Waals surface area (Å²) in [5.74, 6) is 0.389. The Balaban J connectivity index is 1.17. The number of anilines is 1. The van der Waals surface area contributed by atoms with E-state index in [4.69, 9.17) is 0 Å². The number of benzene rings is 4. The molecule has 0 aromatic heterocycles. The minimum Gasteiger partial charge on any atom is -0.315 e. The molecular weight excluding hydrogens is 639 g/mol. The SMILES string of the molecule is C=C/C(=C\C=C\c1ccc2ccccc2c1)c1ccc(N(C2=CCC(c3ccccc3)C=C2)C2=CC=C(C3=CC=CCC3)CC2)cc1C1=CC=CCC1. The molecule has 0 fully saturated rings. The minimum absolute atomic E-state index is 0.389. The molecule has 1 nitrogen and oxygen atoms in total. The highest BCUT2D eigenvalue weighted by Gasteiger charge is 2.23. The lowest BCUT2D eigenvalue weighted by atomic mass is 9.88. The Morgan fingerprint density at radius 2 is 1.47 bits per heavy atom. The van der Waals surface area contributed by atoms with E-state index in [1.54, 1.807) is 0 Å². The van der Waals surface area contributed by atoms with E-state index in [9.17, 15) is 0 Å². The molecule has 1 heteroatoms. The summed E-state index contributed by atoms with van der Waals surface area (Å²) < 4.78 is 0. The zero-order valence-electron chi connectivity index (χ0n) is 30.5. The average molecular weight is 686 g/mol. The van der Waals surface area contributed by atoms with Gasteiger partial charge in [-0.15, -0.1) is 0 Å². The van der Waals surface area contributed by atoms with Crippen LogP contribution in [-0.2, 0) is 0 Å². The van der Waals surface area contributed by atoms with Crippen molar-refractivity contribution in [3.63, 3.8) is 0 Å². The van der Waals surface area contributed by atoms with E-state index in [-0.39, 0.29) is 0 Å². The average Bonchev–Trinajstić information content (AvgIpc) is 3.24. The van der Waals surface area contributed by atoms with Crippen LogP contribution in [-0.4, -0.2) is 0 Å². The van der Waals surface area contributed by atoms with E-state index in [1.165, 1.54) is 66.8 Å². The Labute approximate surface area is 315 Å². The van der Waals surface area contributed by atoms with E-state index < -0.39 is 0 Å². The smallest absolute Gasteiger partial charge is 0.0464 e. The van der Waals surface area contributed by atoms with Gasteiger partial charge in [0.1, 0.15) is 0 Å². The van der Waals surface area contributed by atoms with Crippen LogP contribution in [0.5, 0.6) is 0 Å². The summed E-state index contributed by atoms with van der Waals surface area (Å²) in [6.45, 7) is 4.28. The van der Waals surface area contributed by atoms with Gasteiger partial charge in [0, 0.05) is 23.0 Å². The van der Waals surface area contributed by atoms with Crippen molar-refractivity contribution in [2.75, 3.05) is 4.90 Å². The first-order valence-corrected chi connectivity index (χ1v) is 19.2. The summed E-state index contributed by atoms with van der Waals surface area (Å²) >= 11 is 0. The molecule has 0 heterocycles. The number of rotatable bonds is 10. The summed E-state index contributed by atoms with van der Waals surface area (Å²) in [6.07, 6.45) is 41.4. The van der Waals surface area contributed by atoms with Gasteiger partial charge in [0.05, 0.1) is 0 Å². The van der Waals surface area contributed by atoms with Crippen molar-refractivity contribution < 1.29 is 0 Å². The third-order valence-corrected chi connectivity index (χ3v) is 10.9. The maximum absolute atomic E-state index is 4.28. The van der Waals surface area contributed by atoms with Crippen molar-refractivity contribution in [1.29, 1.82) is 0 Å². The monoisotopic (exact) mass is 685 g/mol. The second-order valence-corrected chi connectivity index (χ2v) is 14.3. The molecule has 4 aromatic rings. The van der Waals surface area contributed by atoms with Crippen molar-refractivity contribution in [3.05, 3.63) is 227 Å². The maximum Gasteiger partial charge on any atom is 0.0464 e. The van der Waals surface area contributed by atoms with E-state index in [0.29, 0.717) is 5.92 Å². The lowest BCUT2D eigenvalue weighted by Crippen LogP contribution is -2.24. The van der Waals surface area contributed by atoms with Gasteiger partial charge in [-0.2, -0.15) is 0 Å². The normalized spacial score (nSPS) is 18.7. The fourth-order valence-corrected chi connectivity index (χ4v) is 8.01. The summed E-state index contributed by atoms with van der Waals surface area (Å²) in [7, 11) is 0. The molecule has 0 spiro atoms. The molecule has 1 unspecified atom stereocenters. The lowest BCUT2D eigenvalue weighted by Gasteiger charge is -2.33. The molecular formula is C52H47N. The highest BCUT2D eigenvalue weighted by Crippen LogP contribution is 2.40. The van der Waals surface area contributed by atoms with Crippen molar-refractivity contribution >= 4 is 33.7 Å². The molecule has 0 bridgehead atoms. The summed E-state index contributed by atoms with van der Waals surface area (Å²) in [5.41, 5.74) is 14.3. The Kier molecular flexibility index (Phi) is 10.4. The fraction of sp³-hybridized carbons (Fsp3) is 0.154. The molecule has 0 amide bonds. The third kappa shape index (κ3) is 7.81. The van der Waals surface area contributed by atoms with Gasteiger partial charge in [0.15, 0.2) is 0 Å². The number of nitrogens with zero attached hydrogens (tertiary/aromatic N) is 1. The summed E-state index contributed by atoms with van der Waals surface area (Å²) in [4.78, 5) is 2.52. The number of hydrogen-bond donors (Lipinski definition) is 0. The van der Waals surface area contributed by atoms with Crippen LogP contribution in [0.15, 0.2) is 205 Å². The molecule has 260 valence electrons. The first-order valence-electron chi connectivity index (χ1n) is 19.2. The van der Waals surface area contributed by atoms with Gasteiger partial charge in [0.2, 0.25) is 0 Å². The zero-order valence-corrected chi connectivity index (χ0v) is 30.5. The van der Waals surface area contributed by atoms with Crippen molar-refractivity contribution in [2.24, 2.45) is 0 Å². The predicted octanol–water partition coefficient (Wildman–Crippen LogP) is 14.2. The van der Waals surface area contributed by atoms with Crippen LogP contribution in [0, 0.1) is 0 Å². The molecule has 1 atom stereocenters. The van der Waals surface area contributed by atoms with Crippen molar-refractivity contribution in [2.45, 2.75) is 50.9 Å². The van der Waals surface area contributed by atoms with Gasteiger partial charge in [0.25, 0.3) is 0 Å². The molecule has 4 aromatic carbocycles. The van der Waals surface area contributed by atoms with E-state index >= 15 is 0 Å². The Hall–Kier alpha value is -5.92. The largest absolute Gasteiger partial charge is 0.315 e. The quantitative estimate of drug-likeness (QED) is 0.150. The van der Waals surface area contributed by atoms with E-state index in [2.05, 4.69) is 188 Å². The zero-order chi connectivity index (χ0) is 35.8. The van der Waals surface area contributed by atoms with E-state index in [1.807, 2.05) is 6.08 Å². The van der Waals surface area contributed by atoms with Crippen molar-refractivity contribution in [1.82, 2.24) is 0 Å². The molecule has 0 aliphatic heterocycles. The number of fused-ring (bicyclic) bond motifs is 1. The standard InChI is InChI=1S/C52H47N/c1-2-40(24-14-15-39-25-26-43-20-12-13-23-47(43)37-39)51-36-35-50(38-52(51)46-21-10-5-11-22-46)53(48-31-27-44(28-32-48)41-16-6-3-7-17-41)49-33-29-45(30-34-49)42-18-8-4-9-19-42/h2-8,10,12-18,20-21,23-27,29,31-33,35-38,44H,1,9,11,19,22,28,30,34H2/b15-14+,40-24+. The van der Waals surface area contributed by atoms with Gasteiger partial charge in [-0.3, -0.25) is 0 Å². The highest BCUT2D eigenvalue weighted by molar-refractivity contribution is 5.88. The van der Waals surface area contributed by atoms with Crippen LogP contribution in [0.1, 0.15) is 73.1 Å². The predicted molar refractivity (Wildman–Crippen MR) is 229 cm³/mol. The van der Waals surface area contributed by atoms with Crippen LogP contribution in [0.3, 0.4) is 0 Å². The Morgan fingerprint density at radius 3 is 2.19 bits per heavy atom. The van der Waals surface area contributed by atoms with Gasteiger partial charge in [-0.1, -0.05) is 158 Å². The van der Waals surface area contributed by atoms with Crippen LogP contribution in [0.4, 0.5) is 5.69 Å². The Morgan fingerprint density at radius 1 is 0.698 bits per heavy atom. The van der Waals surface area contributed by atoms with Crippen LogP contribution in [0.25, 0.3) is 28.0 Å². The van der Waals surface area contributed by atoms with Crippen LogP contribution in [0.2, 0.25) is 0 Å². The van der Waals surface area contributed by atoms with Gasteiger partial charge >= 0.3 is 0 Å². The van der Waals surface area contributed by atoms with Crippen molar-refractivity contribution in [3.8, 4) is 0 Å². The van der Waals surface area contributed by atoms with Crippen LogP contribution < -0.4 is 4.90 Å². The van der Waals surface area contributed by atoms with Gasteiger partial charge < -0.3 is 4.90 Å². The molecule has 8 rings (SSSR count). The first kappa shape index (κ1) is 34.2. The summed E-state index contributed by atoms with van der Waals surface area (Å²) in [6, 6.07) is 33.1. The Bertz CT molecular complexity index is 2320. The molecule has 0 radical (unpaired) electrons. The number of allylic oxidation sites excluding steroid dienone is 19.